The topological polar surface area (TPSA) is 9.23 Å². The van der Waals surface area contributed by atoms with Crippen LogP contribution in [-0.4, -0.2) is 6.10 Å². The van der Waals surface area contributed by atoms with Gasteiger partial charge < -0.3 is 4.74 Å². The molecule has 19 heavy (non-hydrogen) atoms. The quantitative estimate of drug-likeness (QED) is 0.751. The highest BCUT2D eigenvalue weighted by molar-refractivity contribution is 6.31. The Labute approximate surface area is 114 Å². The van der Waals surface area contributed by atoms with E-state index in [0.717, 1.165) is 11.6 Å². The van der Waals surface area contributed by atoms with Crippen molar-refractivity contribution >= 4 is 11.6 Å². The third kappa shape index (κ3) is 2.19. The van der Waals surface area contributed by atoms with Crippen LogP contribution in [0.5, 0.6) is 5.75 Å². The third-order valence-electron chi connectivity index (χ3n) is 3.08. The van der Waals surface area contributed by atoms with Gasteiger partial charge >= 0.3 is 0 Å². The van der Waals surface area contributed by atoms with E-state index in [9.17, 15) is 8.78 Å². The lowest BCUT2D eigenvalue weighted by Crippen LogP contribution is -2.06. The summed E-state index contributed by atoms with van der Waals surface area (Å²) in [5.74, 6) is -0.675. The Morgan fingerprint density at radius 2 is 1.95 bits per heavy atom. The van der Waals surface area contributed by atoms with Crippen LogP contribution in [0.15, 0.2) is 30.3 Å². The van der Waals surface area contributed by atoms with Crippen LogP contribution in [0.4, 0.5) is 8.78 Å². The molecule has 0 fully saturated rings. The van der Waals surface area contributed by atoms with Gasteiger partial charge in [-0.05, 0) is 36.8 Å². The maximum Gasteiger partial charge on any atom is 0.134 e. The van der Waals surface area contributed by atoms with Crippen molar-refractivity contribution in [3.05, 3.63) is 59.5 Å². The largest absolute Gasteiger partial charge is 0.489 e. The highest BCUT2D eigenvalue weighted by Gasteiger charge is 2.24. The molecule has 2 aromatic rings. The molecule has 1 atom stereocenters. The van der Waals surface area contributed by atoms with Gasteiger partial charge in [0, 0.05) is 28.6 Å². The molecule has 0 spiro atoms. The predicted molar refractivity (Wildman–Crippen MR) is 70.3 cm³/mol. The van der Waals surface area contributed by atoms with Crippen LogP contribution in [-0.2, 0) is 6.42 Å². The fourth-order valence-corrected chi connectivity index (χ4v) is 2.54. The molecule has 1 unspecified atom stereocenters. The van der Waals surface area contributed by atoms with E-state index in [4.69, 9.17) is 16.3 Å². The lowest BCUT2D eigenvalue weighted by atomic mass is 10.00. The Hall–Kier alpha value is -1.61. The van der Waals surface area contributed by atoms with Crippen molar-refractivity contribution in [3.63, 3.8) is 0 Å². The molecule has 2 aromatic carbocycles. The van der Waals surface area contributed by atoms with Crippen molar-refractivity contribution in [3.8, 4) is 16.9 Å². The molecule has 97 valence electrons. The Morgan fingerprint density at radius 1 is 1.16 bits per heavy atom. The summed E-state index contributed by atoms with van der Waals surface area (Å²) in [5.41, 5.74) is 1.70. The molecule has 3 rings (SSSR count). The normalized spacial score (nSPS) is 17.2. The number of halogens is 3. The Balaban J connectivity index is 2.21. The molecule has 0 aliphatic carbocycles. The van der Waals surface area contributed by atoms with Crippen molar-refractivity contribution in [2.24, 2.45) is 0 Å². The molecular formula is C15H10ClF2O. The summed E-state index contributed by atoms with van der Waals surface area (Å²) in [4.78, 5) is 0. The molecule has 0 aromatic heterocycles. The van der Waals surface area contributed by atoms with Crippen LogP contribution in [0, 0.1) is 18.6 Å². The first-order chi connectivity index (χ1) is 9.04. The molecule has 1 heterocycles. The molecule has 1 nitrogen and oxygen atoms in total. The minimum Gasteiger partial charge on any atom is -0.489 e. The summed E-state index contributed by atoms with van der Waals surface area (Å²) in [6.45, 7) is 3.83. The summed E-state index contributed by atoms with van der Waals surface area (Å²) in [6, 6.07) is 6.85. The molecule has 0 N–H and O–H groups in total. The maximum absolute atomic E-state index is 13.9. The molecule has 0 saturated carbocycles. The third-order valence-corrected chi connectivity index (χ3v) is 3.30. The fourth-order valence-electron chi connectivity index (χ4n) is 2.30. The molecule has 1 radical (unpaired) electrons. The second-order valence-corrected chi connectivity index (χ2v) is 4.95. The van der Waals surface area contributed by atoms with Gasteiger partial charge in [-0.3, -0.25) is 0 Å². The van der Waals surface area contributed by atoms with Gasteiger partial charge in [0.05, 0.1) is 0 Å². The van der Waals surface area contributed by atoms with Crippen molar-refractivity contribution in [2.75, 3.05) is 0 Å². The van der Waals surface area contributed by atoms with Gasteiger partial charge in [-0.1, -0.05) is 11.6 Å². The van der Waals surface area contributed by atoms with Gasteiger partial charge in [-0.15, -0.1) is 0 Å². The van der Waals surface area contributed by atoms with Gasteiger partial charge in [0.25, 0.3) is 0 Å². The summed E-state index contributed by atoms with van der Waals surface area (Å²) >= 11 is 6.04. The first-order valence-electron chi connectivity index (χ1n) is 5.82. The average Bonchev–Trinajstić information content (AvgIpc) is 2.68. The Morgan fingerprint density at radius 3 is 2.68 bits per heavy atom. The van der Waals surface area contributed by atoms with Crippen molar-refractivity contribution in [1.82, 2.24) is 0 Å². The van der Waals surface area contributed by atoms with Crippen LogP contribution in [0.25, 0.3) is 11.1 Å². The summed E-state index contributed by atoms with van der Waals surface area (Å²) in [5, 5.41) is 0.496. The standard InChI is InChI=1S/C15H10ClF2O/c1-8-4-9-5-10(16)6-13(15(9)19-8)12-3-2-11(17)7-14(12)18/h2-3,5-8H,1,4H2. The average molecular weight is 280 g/mol. The number of ether oxygens (including phenoxy) is 1. The van der Waals surface area contributed by atoms with E-state index in [2.05, 4.69) is 6.92 Å². The Kier molecular flexibility index (Phi) is 2.94. The van der Waals surface area contributed by atoms with Crippen LogP contribution in [0.1, 0.15) is 5.56 Å². The van der Waals surface area contributed by atoms with Gasteiger partial charge in [0.15, 0.2) is 0 Å². The zero-order valence-corrected chi connectivity index (χ0v) is 10.7. The lowest BCUT2D eigenvalue weighted by Gasteiger charge is -2.11. The van der Waals surface area contributed by atoms with Crippen LogP contribution < -0.4 is 4.74 Å². The number of fused-ring (bicyclic) bond motifs is 1. The molecule has 4 heteroatoms. The minimum atomic E-state index is -0.638. The van der Waals surface area contributed by atoms with Gasteiger partial charge in [-0.2, -0.15) is 0 Å². The van der Waals surface area contributed by atoms with E-state index >= 15 is 0 Å². The second kappa shape index (κ2) is 4.49. The van der Waals surface area contributed by atoms with E-state index in [1.165, 1.54) is 12.1 Å². The summed E-state index contributed by atoms with van der Waals surface area (Å²) in [7, 11) is 0. The van der Waals surface area contributed by atoms with E-state index in [-0.39, 0.29) is 11.7 Å². The SMILES string of the molecule is [CH2]C1Cc2cc(Cl)cc(-c3ccc(F)cc3F)c2O1. The van der Waals surface area contributed by atoms with Gasteiger partial charge in [0.1, 0.15) is 23.5 Å². The number of hydrogen-bond donors (Lipinski definition) is 0. The molecule has 0 bridgehead atoms. The molecular weight excluding hydrogens is 270 g/mol. The lowest BCUT2D eigenvalue weighted by molar-refractivity contribution is 0.282. The fraction of sp³-hybridized carbons (Fsp3) is 0.133. The molecule has 0 saturated heterocycles. The summed E-state index contributed by atoms with van der Waals surface area (Å²) in [6.07, 6.45) is 0.418. The predicted octanol–water partition coefficient (Wildman–Crippen LogP) is 4.42. The van der Waals surface area contributed by atoms with Crippen LogP contribution in [0.3, 0.4) is 0 Å². The van der Waals surface area contributed by atoms with Gasteiger partial charge in [-0.25, -0.2) is 8.78 Å². The monoisotopic (exact) mass is 279 g/mol. The van der Waals surface area contributed by atoms with Crippen molar-refractivity contribution in [1.29, 1.82) is 0 Å². The zero-order chi connectivity index (χ0) is 13.6. The molecule has 1 aliphatic rings. The molecule has 1 aliphatic heterocycles. The zero-order valence-electron chi connectivity index (χ0n) is 9.92. The van der Waals surface area contributed by atoms with Crippen LogP contribution in [0.2, 0.25) is 5.02 Å². The minimum absolute atomic E-state index is 0.212. The van der Waals surface area contributed by atoms with E-state index < -0.39 is 11.6 Å². The van der Waals surface area contributed by atoms with Crippen molar-refractivity contribution < 1.29 is 13.5 Å². The highest BCUT2D eigenvalue weighted by atomic mass is 35.5. The number of hydrogen-bond acceptors (Lipinski definition) is 1. The first kappa shape index (κ1) is 12.4. The molecule has 0 amide bonds. The Bertz CT molecular complexity index is 655. The first-order valence-corrected chi connectivity index (χ1v) is 6.20. The number of benzene rings is 2. The number of rotatable bonds is 1. The van der Waals surface area contributed by atoms with Crippen LogP contribution >= 0.6 is 11.6 Å². The highest BCUT2D eigenvalue weighted by Crippen LogP contribution is 2.41. The van der Waals surface area contributed by atoms with Crippen molar-refractivity contribution in [2.45, 2.75) is 12.5 Å². The smallest absolute Gasteiger partial charge is 0.134 e. The van der Waals surface area contributed by atoms with E-state index in [1.807, 2.05) is 0 Å². The maximum atomic E-state index is 13.9. The van der Waals surface area contributed by atoms with Gasteiger partial charge in [0.2, 0.25) is 0 Å². The van der Waals surface area contributed by atoms with E-state index in [0.29, 0.717) is 22.8 Å². The summed E-state index contributed by atoms with van der Waals surface area (Å²) < 4.78 is 32.5. The second-order valence-electron chi connectivity index (χ2n) is 4.51. The van der Waals surface area contributed by atoms with E-state index in [1.54, 1.807) is 12.1 Å².